The van der Waals surface area contributed by atoms with Gasteiger partial charge in [-0.2, -0.15) is 0 Å². The van der Waals surface area contributed by atoms with Crippen LogP contribution in [0.2, 0.25) is 0 Å². The summed E-state index contributed by atoms with van der Waals surface area (Å²) in [6.07, 6.45) is 2.48. The van der Waals surface area contributed by atoms with Crippen molar-refractivity contribution in [1.29, 1.82) is 0 Å². The third kappa shape index (κ3) is 5.41. The summed E-state index contributed by atoms with van der Waals surface area (Å²) >= 11 is 0. The number of hydrogen-bond acceptors (Lipinski definition) is 3. The first-order chi connectivity index (χ1) is 13.2. The van der Waals surface area contributed by atoms with Crippen molar-refractivity contribution in [2.24, 2.45) is 0 Å². The standard InChI is InChI=1S/C22H26N2O3/c1-2-3-17-4-8-19(9-5-17)22(26)23-20-10-6-18(7-11-20)16-21(25)24-12-14-27-15-13-24/h4-11H,2-3,12-16H2,1H3,(H,23,26). The van der Waals surface area contributed by atoms with E-state index in [9.17, 15) is 9.59 Å². The van der Waals surface area contributed by atoms with E-state index in [4.69, 9.17) is 4.74 Å². The number of morpholine rings is 1. The molecule has 2 aromatic rings. The molecule has 0 spiro atoms. The molecule has 5 nitrogen and oxygen atoms in total. The Morgan fingerprint density at radius 3 is 2.22 bits per heavy atom. The van der Waals surface area contributed by atoms with Crippen LogP contribution >= 0.6 is 0 Å². The van der Waals surface area contributed by atoms with Crippen molar-refractivity contribution in [3.8, 4) is 0 Å². The molecule has 5 heteroatoms. The van der Waals surface area contributed by atoms with E-state index in [-0.39, 0.29) is 11.8 Å². The van der Waals surface area contributed by atoms with Crippen molar-refractivity contribution in [2.45, 2.75) is 26.2 Å². The Kier molecular flexibility index (Phi) is 6.60. The highest BCUT2D eigenvalue weighted by atomic mass is 16.5. The number of rotatable bonds is 6. The molecule has 2 aromatic carbocycles. The van der Waals surface area contributed by atoms with E-state index >= 15 is 0 Å². The smallest absolute Gasteiger partial charge is 0.255 e. The zero-order valence-electron chi connectivity index (χ0n) is 15.7. The first-order valence-corrected chi connectivity index (χ1v) is 9.50. The predicted molar refractivity (Wildman–Crippen MR) is 106 cm³/mol. The van der Waals surface area contributed by atoms with Gasteiger partial charge < -0.3 is 15.0 Å². The van der Waals surface area contributed by atoms with Gasteiger partial charge in [-0.3, -0.25) is 9.59 Å². The molecule has 142 valence electrons. The van der Waals surface area contributed by atoms with E-state index in [0.717, 1.165) is 24.1 Å². The minimum Gasteiger partial charge on any atom is -0.378 e. The molecule has 1 heterocycles. The molecular weight excluding hydrogens is 340 g/mol. The Bertz CT molecular complexity index is 763. The molecule has 0 unspecified atom stereocenters. The molecule has 3 rings (SSSR count). The van der Waals surface area contributed by atoms with Crippen LogP contribution in [0, 0.1) is 0 Å². The second-order valence-electron chi connectivity index (χ2n) is 6.77. The van der Waals surface area contributed by atoms with Gasteiger partial charge in [0.2, 0.25) is 5.91 Å². The number of nitrogens with one attached hydrogen (secondary N) is 1. The van der Waals surface area contributed by atoms with Crippen molar-refractivity contribution in [1.82, 2.24) is 4.90 Å². The molecule has 27 heavy (non-hydrogen) atoms. The van der Waals surface area contributed by atoms with E-state index < -0.39 is 0 Å². The lowest BCUT2D eigenvalue weighted by Crippen LogP contribution is -2.41. The number of carbonyl (C=O) groups excluding carboxylic acids is 2. The number of carbonyl (C=O) groups is 2. The Balaban J connectivity index is 1.55. The van der Waals surface area contributed by atoms with Crippen LogP contribution in [-0.4, -0.2) is 43.0 Å². The second kappa shape index (κ2) is 9.33. The Morgan fingerprint density at radius 2 is 1.59 bits per heavy atom. The third-order valence-corrected chi connectivity index (χ3v) is 4.69. The first kappa shape index (κ1) is 19.1. The van der Waals surface area contributed by atoms with Crippen molar-refractivity contribution in [2.75, 3.05) is 31.6 Å². The van der Waals surface area contributed by atoms with E-state index in [1.54, 1.807) is 0 Å². The maximum Gasteiger partial charge on any atom is 0.255 e. The molecule has 1 N–H and O–H groups in total. The summed E-state index contributed by atoms with van der Waals surface area (Å²) in [5, 5.41) is 2.90. The molecule has 0 aromatic heterocycles. The maximum atomic E-state index is 12.4. The monoisotopic (exact) mass is 366 g/mol. The zero-order valence-corrected chi connectivity index (χ0v) is 15.7. The summed E-state index contributed by atoms with van der Waals surface area (Å²) in [5.74, 6) is -0.0163. The lowest BCUT2D eigenvalue weighted by molar-refractivity contribution is -0.134. The van der Waals surface area contributed by atoms with Crippen molar-refractivity contribution in [3.05, 3.63) is 65.2 Å². The number of nitrogens with zero attached hydrogens (tertiary/aromatic N) is 1. The summed E-state index contributed by atoms with van der Waals surface area (Å²) in [7, 11) is 0. The van der Waals surface area contributed by atoms with Crippen molar-refractivity contribution >= 4 is 17.5 Å². The summed E-state index contributed by atoms with van der Waals surface area (Å²) in [6, 6.07) is 15.2. The third-order valence-electron chi connectivity index (χ3n) is 4.69. The molecule has 1 aliphatic heterocycles. The molecule has 1 aliphatic rings. The van der Waals surface area contributed by atoms with Crippen LogP contribution in [0.3, 0.4) is 0 Å². The molecule has 0 atom stereocenters. The van der Waals surface area contributed by atoms with Crippen LogP contribution < -0.4 is 5.32 Å². The lowest BCUT2D eigenvalue weighted by Gasteiger charge is -2.26. The van der Waals surface area contributed by atoms with Gasteiger partial charge in [0, 0.05) is 24.3 Å². The van der Waals surface area contributed by atoms with Crippen molar-refractivity contribution < 1.29 is 14.3 Å². The first-order valence-electron chi connectivity index (χ1n) is 9.50. The quantitative estimate of drug-likeness (QED) is 0.853. The number of amides is 2. The van der Waals surface area contributed by atoms with Gasteiger partial charge in [0.25, 0.3) is 5.91 Å². The molecule has 0 saturated carbocycles. The number of aryl methyl sites for hydroxylation is 1. The van der Waals surface area contributed by atoms with E-state index in [2.05, 4.69) is 12.2 Å². The van der Waals surface area contributed by atoms with Gasteiger partial charge >= 0.3 is 0 Å². The van der Waals surface area contributed by atoms with Crippen LogP contribution in [0.15, 0.2) is 48.5 Å². The Hall–Kier alpha value is -2.66. The van der Waals surface area contributed by atoms with Crippen LogP contribution in [0.25, 0.3) is 0 Å². The molecule has 0 radical (unpaired) electrons. The summed E-state index contributed by atoms with van der Waals surface area (Å²) in [4.78, 5) is 26.5. The summed E-state index contributed by atoms with van der Waals surface area (Å²) < 4.78 is 5.27. The Labute approximate surface area is 160 Å². The van der Waals surface area contributed by atoms with Crippen LogP contribution in [0.1, 0.15) is 34.8 Å². The fourth-order valence-corrected chi connectivity index (χ4v) is 3.12. The maximum absolute atomic E-state index is 12.4. The topological polar surface area (TPSA) is 58.6 Å². The number of benzene rings is 2. The lowest BCUT2D eigenvalue weighted by atomic mass is 10.1. The number of anilines is 1. The highest BCUT2D eigenvalue weighted by Crippen LogP contribution is 2.14. The predicted octanol–water partition coefficient (Wildman–Crippen LogP) is 3.29. The largest absolute Gasteiger partial charge is 0.378 e. The SMILES string of the molecule is CCCc1ccc(C(=O)Nc2ccc(CC(=O)N3CCOCC3)cc2)cc1. The fourth-order valence-electron chi connectivity index (χ4n) is 3.12. The normalized spacial score (nSPS) is 14.0. The fraction of sp³-hybridized carbons (Fsp3) is 0.364. The molecule has 2 amide bonds. The summed E-state index contributed by atoms with van der Waals surface area (Å²) in [6.45, 7) is 4.67. The van der Waals surface area contributed by atoms with Crippen LogP contribution in [0.5, 0.6) is 0 Å². The van der Waals surface area contributed by atoms with Gasteiger partial charge in [-0.05, 0) is 41.8 Å². The molecule has 1 fully saturated rings. The molecule has 1 saturated heterocycles. The van der Waals surface area contributed by atoms with Gasteiger partial charge in [0.1, 0.15) is 0 Å². The van der Waals surface area contributed by atoms with E-state index in [1.165, 1.54) is 5.56 Å². The van der Waals surface area contributed by atoms with E-state index in [1.807, 2.05) is 53.4 Å². The molecule has 0 bridgehead atoms. The minimum atomic E-state index is -0.129. The highest BCUT2D eigenvalue weighted by molar-refractivity contribution is 6.04. The van der Waals surface area contributed by atoms with Gasteiger partial charge in [-0.15, -0.1) is 0 Å². The van der Waals surface area contributed by atoms with Gasteiger partial charge in [0.05, 0.1) is 19.6 Å². The Morgan fingerprint density at radius 1 is 0.963 bits per heavy atom. The van der Waals surface area contributed by atoms with Gasteiger partial charge in [-0.25, -0.2) is 0 Å². The van der Waals surface area contributed by atoms with E-state index in [0.29, 0.717) is 38.3 Å². The number of ether oxygens (including phenoxy) is 1. The highest BCUT2D eigenvalue weighted by Gasteiger charge is 2.17. The van der Waals surface area contributed by atoms with Gasteiger partial charge in [-0.1, -0.05) is 37.6 Å². The van der Waals surface area contributed by atoms with Crippen LogP contribution in [-0.2, 0) is 22.4 Å². The average Bonchev–Trinajstić information content (AvgIpc) is 2.71. The zero-order chi connectivity index (χ0) is 19.1. The minimum absolute atomic E-state index is 0.113. The second-order valence-corrected chi connectivity index (χ2v) is 6.77. The van der Waals surface area contributed by atoms with Crippen molar-refractivity contribution in [3.63, 3.8) is 0 Å². The molecule has 0 aliphatic carbocycles. The average molecular weight is 366 g/mol. The summed E-state index contributed by atoms with van der Waals surface area (Å²) in [5.41, 5.74) is 3.54. The number of hydrogen-bond donors (Lipinski definition) is 1. The van der Waals surface area contributed by atoms with Crippen LogP contribution in [0.4, 0.5) is 5.69 Å². The molecular formula is C22H26N2O3. The van der Waals surface area contributed by atoms with Gasteiger partial charge in [0.15, 0.2) is 0 Å².